The number of carbonyl (C=O) groups is 2. The van der Waals surface area contributed by atoms with Crippen molar-refractivity contribution in [2.45, 2.75) is 19.3 Å². The maximum atomic E-state index is 12.0. The monoisotopic (exact) mass is 368 g/mol. The number of hydrogen-bond donors (Lipinski definition) is 2. The summed E-state index contributed by atoms with van der Waals surface area (Å²) >= 11 is 4.65. The van der Waals surface area contributed by atoms with Gasteiger partial charge in [0.2, 0.25) is 0 Å². The first-order chi connectivity index (χ1) is 10.0. The minimum absolute atomic E-state index is 0.123. The molecule has 1 aromatic carbocycles. The average Bonchev–Trinajstić information content (AvgIpc) is 2.86. The van der Waals surface area contributed by atoms with E-state index in [1.165, 1.54) is 11.3 Å². The smallest absolute Gasteiger partial charge is 0.303 e. The lowest BCUT2D eigenvalue weighted by Crippen LogP contribution is -2.11. The number of thiazole rings is 1. The third-order valence-corrected chi connectivity index (χ3v) is 4.04. The molecule has 0 unspecified atom stereocenters. The molecule has 7 heteroatoms. The van der Waals surface area contributed by atoms with Crippen molar-refractivity contribution in [3.63, 3.8) is 0 Å². The van der Waals surface area contributed by atoms with Crippen LogP contribution < -0.4 is 5.32 Å². The third-order valence-electron chi connectivity index (χ3n) is 2.70. The van der Waals surface area contributed by atoms with Crippen LogP contribution in [0.2, 0.25) is 0 Å². The average molecular weight is 369 g/mol. The van der Waals surface area contributed by atoms with Crippen molar-refractivity contribution in [2.24, 2.45) is 0 Å². The summed E-state index contributed by atoms with van der Waals surface area (Å²) in [6, 6.07) is 7.05. The maximum Gasteiger partial charge on any atom is 0.303 e. The summed E-state index contributed by atoms with van der Waals surface area (Å²) in [6.45, 7) is 0. The predicted octanol–water partition coefficient (Wildman–Crippen LogP) is 3.57. The molecule has 5 nitrogen and oxygen atoms in total. The molecule has 0 bridgehead atoms. The summed E-state index contributed by atoms with van der Waals surface area (Å²) in [7, 11) is 0. The minimum Gasteiger partial charge on any atom is -0.481 e. The molecule has 1 aromatic heterocycles. The van der Waals surface area contributed by atoms with Crippen LogP contribution in [0.15, 0.2) is 34.1 Å². The molecule has 1 heterocycles. The normalized spacial score (nSPS) is 10.3. The van der Waals surface area contributed by atoms with Gasteiger partial charge in [0.25, 0.3) is 5.91 Å². The Morgan fingerprint density at radius 1 is 1.29 bits per heavy atom. The van der Waals surface area contributed by atoms with E-state index in [0.29, 0.717) is 23.5 Å². The first-order valence-corrected chi connectivity index (χ1v) is 7.95. The summed E-state index contributed by atoms with van der Waals surface area (Å²) in [6.07, 6.45) is 1.26. The van der Waals surface area contributed by atoms with E-state index >= 15 is 0 Å². The number of rotatable bonds is 6. The van der Waals surface area contributed by atoms with Gasteiger partial charge < -0.3 is 5.11 Å². The predicted molar refractivity (Wildman–Crippen MR) is 84.8 cm³/mol. The van der Waals surface area contributed by atoms with E-state index in [-0.39, 0.29) is 12.3 Å². The quantitative estimate of drug-likeness (QED) is 0.816. The molecular formula is C14H13BrN2O3S. The number of aliphatic carboxylic acids is 1. The van der Waals surface area contributed by atoms with Crippen LogP contribution in [0.5, 0.6) is 0 Å². The van der Waals surface area contributed by atoms with Gasteiger partial charge in [-0.25, -0.2) is 4.98 Å². The van der Waals surface area contributed by atoms with E-state index in [0.717, 1.165) is 10.2 Å². The van der Waals surface area contributed by atoms with Gasteiger partial charge in [-0.15, -0.1) is 11.3 Å². The lowest BCUT2D eigenvalue weighted by molar-refractivity contribution is -0.137. The number of nitrogens with zero attached hydrogens (tertiary/aromatic N) is 1. The Morgan fingerprint density at radius 2 is 2.00 bits per heavy atom. The summed E-state index contributed by atoms with van der Waals surface area (Å²) in [5.41, 5.74) is 1.35. The molecule has 0 aliphatic rings. The topological polar surface area (TPSA) is 79.3 Å². The van der Waals surface area contributed by atoms with Crippen LogP contribution in [-0.4, -0.2) is 22.0 Å². The van der Waals surface area contributed by atoms with Crippen LogP contribution in [-0.2, 0) is 11.2 Å². The fraction of sp³-hybridized carbons (Fsp3) is 0.214. The standard InChI is InChI=1S/C14H13BrN2O3S/c15-10-6-4-9(5-7-10)13(20)17-14-16-11(8-21-14)2-1-3-12(18)19/h4-8H,1-3H2,(H,18,19)(H,16,17,20). The number of hydrogen-bond acceptors (Lipinski definition) is 4. The second-order valence-electron chi connectivity index (χ2n) is 4.35. The van der Waals surface area contributed by atoms with E-state index < -0.39 is 5.97 Å². The lowest BCUT2D eigenvalue weighted by Gasteiger charge is -2.01. The van der Waals surface area contributed by atoms with Crippen LogP contribution in [0.4, 0.5) is 5.13 Å². The summed E-state index contributed by atoms with van der Waals surface area (Å²) in [4.78, 5) is 26.7. The van der Waals surface area contributed by atoms with Gasteiger partial charge in [0.15, 0.2) is 5.13 Å². The molecule has 0 spiro atoms. The highest BCUT2D eigenvalue weighted by Gasteiger charge is 2.09. The zero-order valence-corrected chi connectivity index (χ0v) is 13.4. The highest BCUT2D eigenvalue weighted by molar-refractivity contribution is 9.10. The molecule has 0 fully saturated rings. The van der Waals surface area contributed by atoms with Gasteiger partial charge in [-0.1, -0.05) is 15.9 Å². The number of halogens is 1. The molecular weight excluding hydrogens is 356 g/mol. The second-order valence-corrected chi connectivity index (χ2v) is 6.13. The van der Waals surface area contributed by atoms with Gasteiger partial charge >= 0.3 is 5.97 Å². The number of carboxylic acids is 1. The summed E-state index contributed by atoms with van der Waals surface area (Å²) in [5, 5.41) is 13.7. The van der Waals surface area contributed by atoms with Crippen molar-refractivity contribution >= 4 is 44.3 Å². The number of anilines is 1. The molecule has 0 aliphatic carbocycles. The molecule has 0 saturated heterocycles. The first kappa shape index (κ1) is 15.7. The fourth-order valence-corrected chi connectivity index (χ4v) is 2.67. The van der Waals surface area contributed by atoms with E-state index in [9.17, 15) is 9.59 Å². The van der Waals surface area contributed by atoms with Gasteiger partial charge in [-0.3, -0.25) is 14.9 Å². The molecule has 0 aliphatic heterocycles. The molecule has 1 amide bonds. The molecule has 0 saturated carbocycles. The first-order valence-electron chi connectivity index (χ1n) is 6.28. The molecule has 21 heavy (non-hydrogen) atoms. The van der Waals surface area contributed by atoms with Crippen LogP contribution in [0.1, 0.15) is 28.9 Å². The Bertz CT molecular complexity index is 640. The van der Waals surface area contributed by atoms with Crippen molar-refractivity contribution in [1.82, 2.24) is 4.98 Å². The van der Waals surface area contributed by atoms with Crippen molar-refractivity contribution < 1.29 is 14.7 Å². The second kappa shape index (κ2) is 7.33. The van der Waals surface area contributed by atoms with Crippen molar-refractivity contribution in [3.05, 3.63) is 45.4 Å². The largest absolute Gasteiger partial charge is 0.481 e. The molecule has 2 aromatic rings. The number of carbonyl (C=O) groups excluding carboxylic acids is 1. The summed E-state index contributed by atoms with van der Waals surface area (Å²) in [5.74, 6) is -1.03. The van der Waals surface area contributed by atoms with Gasteiger partial charge in [0.05, 0.1) is 5.69 Å². The van der Waals surface area contributed by atoms with Gasteiger partial charge in [0.1, 0.15) is 0 Å². The number of nitrogens with one attached hydrogen (secondary N) is 1. The van der Waals surface area contributed by atoms with E-state index in [1.54, 1.807) is 24.3 Å². The van der Waals surface area contributed by atoms with Crippen LogP contribution in [0, 0.1) is 0 Å². The van der Waals surface area contributed by atoms with Crippen molar-refractivity contribution in [2.75, 3.05) is 5.32 Å². The SMILES string of the molecule is O=C(O)CCCc1csc(NC(=O)c2ccc(Br)cc2)n1. The van der Waals surface area contributed by atoms with Crippen LogP contribution in [0.25, 0.3) is 0 Å². The Kier molecular flexibility index (Phi) is 5.46. The van der Waals surface area contributed by atoms with Gasteiger partial charge in [0, 0.05) is 21.8 Å². The number of aryl methyl sites for hydroxylation is 1. The van der Waals surface area contributed by atoms with Crippen molar-refractivity contribution in [1.29, 1.82) is 0 Å². The zero-order chi connectivity index (χ0) is 15.2. The Hall–Kier alpha value is -1.73. The minimum atomic E-state index is -0.811. The van der Waals surface area contributed by atoms with E-state index in [2.05, 4.69) is 26.2 Å². The number of carboxylic acid groups (broad SMARTS) is 1. The molecule has 110 valence electrons. The number of benzene rings is 1. The maximum absolute atomic E-state index is 12.0. The van der Waals surface area contributed by atoms with Crippen LogP contribution >= 0.6 is 27.3 Å². The summed E-state index contributed by atoms with van der Waals surface area (Å²) < 4.78 is 0.911. The molecule has 0 atom stereocenters. The number of aromatic nitrogens is 1. The van der Waals surface area contributed by atoms with Gasteiger partial charge in [-0.05, 0) is 37.1 Å². The van der Waals surface area contributed by atoms with Crippen LogP contribution in [0.3, 0.4) is 0 Å². The highest BCUT2D eigenvalue weighted by atomic mass is 79.9. The Morgan fingerprint density at radius 3 is 2.67 bits per heavy atom. The lowest BCUT2D eigenvalue weighted by atomic mass is 10.2. The van der Waals surface area contributed by atoms with E-state index in [4.69, 9.17) is 5.11 Å². The zero-order valence-electron chi connectivity index (χ0n) is 11.0. The van der Waals surface area contributed by atoms with E-state index in [1.807, 2.05) is 5.38 Å². The third kappa shape index (κ3) is 4.95. The number of amides is 1. The fourth-order valence-electron chi connectivity index (χ4n) is 1.67. The Balaban J connectivity index is 1.91. The van der Waals surface area contributed by atoms with Gasteiger partial charge in [-0.2, -0.15) is 0 Å². The highest BCUT2D eigenvalue weighted by Crippen LogP contribution is 2.18. The molecule has 2 rings (SSSR count). The Labute approximate surface area is 134 Å². The molecule has 2 N–H and O–H groups in total. The molecule has 0 radical (unpaired) electrons. The van der Waals surface area contributed by atoms with Crippen molar-refractivity contribution in [3.8, 4) is 0 Å².